The zero-order chi connectivity index (χ0) is 22.9. The van der Waals surface area contributed by atoms with Crippen molar-refractivity contribution in [3.63, 3.8) is 0 Å². The lowest BCUT2D eigenvalue weighted by Crippen LogP contribution is -2.42. The van der Waals surface area contributed by atoms with E-state index in [4.69, 9.17) is 23.2 Å². The first-order valence-electron chi connectivity index (χ1n) is 11.5. The fourth-order valence-electron chi connectivity index (χ4n) is 5.10. The van der Waals surface area contributed by atoms with Crippen LogP contribution in [0.25, 0.3) is 0 Å². The van der Waals surface area contributed by atoms with Gasteiger partial charge >= 0.3 is 6.03 Å². The third kappa shape index (κ3) is 4.46. The highest BCUT2D eigenvalue weighted by atomic mass is 35.5. The summed E-state index contributed by atoms with van der Waals surface area (Å²) in [6, 6.07) is 13.6. The zero-order valence-electron chi connectivity index (χ0n) is 18.6. The number of halogens is 2. The minimum Gasteiger partial charge on any atom is -0.331 e. The van der Waals surface area contributed by atoms with Gasteiger partial charge in [-0.15, -0.1) is 10.2 Å². The Kier molecular flexibility index (Phi) is 6.30. The first-order chi connectivity index (χ1) is 16.0. The topological polar surface area (TPSA) is 63.1 Å². The van der Waals surface area contributed by atoms with Crippen LogP contribution in [-0.2, 0) is 13.0 Å². The maximum absolute atomic E-state index is 13.4. The summed E-state index contributed by atoms with van der Waals surface area (Å²) in [4.78, 5) is 15.3. The van der Waals surface area contributed by atoms with Crippen molar-refractivity contribution in [1.29, 1.82) is 0 Å². The van der Waals surface area contributed by atoms with Gasteiger partial charge < -0.3 is 14.8 Å². The van der Waals surface area contributed by atoms with Gasteiger partial charge in [-0.3, -0.25) is 0 Å². The van der Waals surface area contributed by atoms with Crippen molar-refractivity contribution in [3.05, 3.63) is 80.8 Å². The van der Waals surface area contributed by atoms with Crippen molar-refractivity contribution >= 4 is 29.2 Å². The van der Waals surface area contributed by atoms with Crippen LogP contribution in [0.4, 0.5) is 4.79 Å². The standard InChI is InChI=1S/C25H27Cl2N5O/c1-16-29-30-24(32(16)15-17-10-12-19(26)13-11-17)22-9-4-14-31(22)25(33)28-21-8-3-6-18-5-2-7-20(27)23(18)21/h2,5,7,10-13,21-22H,3-4,6,8-9,14-15H2,1H3,(H,28,33)/t21?,22-/m1/s1. The minimum atomic E-state index is -0.104. The number of fused-ring (bicyclic) bond motifs is 1. The first-order valence-corrected chi connectivity index (χ1v) is 12.3. The molecule has 1 saturated heterocycles. The fourth-order valence-corrected chi connectivity index (χ4v) is 5.55. The first kappa shape index (κ1) is 22.2. The van der Waals surface area contributed by atoms with E-state index in [1.54, 1.807) is 0 Å². The van der Waals surface area contributed by atoms with Crippen molar-refractivity contribution in [3.8, 4) is 0 Å². The normalized spacial score (nSPS) is 20.0. The van der Waals surface area contributed by atoms with E-state index in [0.29, 0.717) is 18.1 Å². The predicted molar refractivity (Wildman–Crippen MR) is 130 cm³/mol. The number of aromatic nitrogens is 3. The predicted octanol–water partition coefficient (Wildman–Crippen LogP) is 5.87. The molecule has 2 aliphatic rings. The molecule has 0 bridgehead atoms. The number of urea groups is 1. The third-order valence-electron chi connectivity index (χ3n) is 6.76. The number of rotatable bonds is 4. The molecule has 5 rings (SSSR count). The van der Waals surface area contributed by atoms with Crippen molar-refractivity contribution < 1.29 is 4.79 Å². The molecule has 172 valence electrons. The van der Waals surface area contributed by atoms with Gasteiger partial charge in [-0.25, -0.2) is 4.79 Å². The Labute approximate surface area is 203 Å². The molecule has 1 aliphatic carbocycles. The van der Waals surface area contributed by atoms with Gasteiger partial charge in [0.1, 0.15) is 5.82 Å². The summed E-state index contributed by atoms with van der Waals surface area (Å²) >= 11 is 12.6. The minimum absolute atomic E-state index is 0.0611. The number of amides is 2. The van der Waals surface area contributed by atoms with Crippen LogP contribution >= 0.6 is 23.2 Å². The number of carbonyl (C=O) groups excluding carboxylic acids is 1. The highest BCUT2D eigenvalue weighted by Gasteiger charge is 2.35. The molecular formula is C25H27Cl2N5O. The summed E-state index contributed by atoms with van der Waals surface area (Å²) < 4.78 is 2.10. The second-order valence-corrected chi connectivity index (χ2v) is 9.72. The number of carbonyl (C=O) groups is 1. The van der Waals surface area contributed by atoms with Gasteiger partial charge in [0, 0.05) is 16.6 Å². The molecule has 1 N–H and O–H groups in total. The molecule has 1 unspecified atom stereocenters. The Morgan fingerprint density at radius 2 is 1.91 bits per heavy atom. The van der Waals surface area contributed by atoms with Crippen molar-refractivity contribution in [2.24, 2.45) is 0 Å². The van der Waals surface area contributed by atoms with E-state index in [1.165, 1.54) is 5.56 Å². The van der Waals surface area contributed by atoms with Crippen LogP contribution in [0.2, 0.25) is 10.0 Å². The van der Waals surface area contributed by atoms with Gasteiger partial charge in [0.25, 0.3) is 0 Å². The van der Waals surface area contributed by atoms with E-state index < -0.39 is 0 Å². The van der Waals surface area contributed by atoms with Gasteiger partial charge in [0.05, 0.1) is 18.6 Å². The van der Waals surface area contributed by atoms with Crippen LogP contribution in [0.3, 0.4) is 0 Å². The van der Waals surface area contributed by atoms with E-state index in [0.717, 1.165) is 59.9 Å². The number of nitrogens with one attached hydrogen (secondary N) is 1. The van der Waals surface area contributed by atoms with E-state index in [1.807, 2.05) is 48.2 Å². The lowest BCUT2D eigenvalue weighted by atomic mass is 9.87. The average molecular weight is 484 g/mol. The Morgan fingerprint density at radius 3 is 2.73 bits per heavy atom. The molecule has 0 radical (unpaired) electrons. The van der Waals surface area contributed by atoms with Gasteiger partial charge in [-0.1, -0.05) is 47.5 Å². The molecule has 1 aliphatic heterocycles. The summed E-state index contributed by atoms with van der Waals surface area (Å²) in [5, 5.41) is 13.5. The smallest absolute Gasteiger partial charge is 0.318 e. The fraction of sp³-hybridized carbons (Fsp3) is 0.400. The second kappa shape index (κ2) is 9.35. The van der Waals surface area contributed by atoms with Crippen LogP contribution in [0.5, 0.6) is 0 Å². The van der Waals surface area contributed by atoms with Crippen LogP contribution in [-0.4, -0.2) is 32.2 Å². The second-order valence-electron chi connectivity index (χ2n) is 8.88. The summed E-state index contributed by atoms with van der Waals surface area (Å²) in [7, 11) is 0. The largest absolute Gasteiger partial charge is 0.331 e. The molecule has 3 aromatic rings. The van der Waals surface area contributed by atoms with Gasteiger partial charge in [0.15, 0.2) is 5.82 Å². The summed E-state index contributed by atoms with van der Waals surface area (Å²) in [5.41, 5.74) is 3.41. The van der Waals surface area contributed by atoms with E-state index in [-0.39, 0.29) is 18.1 Å². The number of likely N-dealkylation sites (tertiary alicyclic amines) is 1. The maximum Gasteiger partial charge on any atom is 0.318 e. The summed E-state index contributed by atoms with van der Waals surface area (Å²) in [6.45, 7) is 3.29. The monoisotopic (exact) mass is 483 g/mol. The summed E-state index contributed by atoms with van der Waals surface area (Å²) in [5.74, 6) is 1.66. The molecule has 0 saturated carbocycles. The molecular weight excluding hydrogens is 457 g/mol. The lowest BCUT2D eigenvalue weighted by Gasteiger charge is -2.31. The Balaban J connectivity index is 1.36. The summed E-state index contributed by atoms with van der Waals surface area (Å²) in [6.07, 6.45) is 4.74. The number of hydrogen-bond acceptors (Lipinski definition) is 3. The molecule has 33 heavy (non-hydrogen) atoms. The van der Waals surface area contributed by atoms with Crippen LogP contribution < -0.4 is 5.32 Å². The molecule has 2 amide bonds. The van der Waals surface area contributed by atoms with Crippen LogP contribution in [0, 0.1) is 6.92 Å². The Morgan fingerprint density at radius 1 is 1.09 bits per heavy atom. The number of benzene rings is 2. The van der Waals surface area contributed by atoms with Crippen LogP contribution in [0.15, 0.2) is 42.5 Å². The highest BCUT2D eigenvalue weighted by molar-refractivity contribution is 6.31. The van der Waals surface area contributed by atoms with Crippen LogP contribution in [0.1, 0.15) is 66.1 Å². The molecule has 1 aromatic heterocycles. The van der Waals surface area contributed by atoms with Crippen molar-refractivity contribution in [2.75, 3.05) is 6.54 Å². The van der Waals surface area contributed by atoms with Gasteiger partial charge in [0.2, 0.25) is 0 Å². The van der Waals surface area contributed by atoms with Gasteiger partial charge in [-0.05, 0) is 73.9 Å². The number of nitrogens with zero attached hydrogens (tertiary/aromatic N) is 4. The van der Waals surface area contributed by atoms with E-state index in [2.05, 4.69) is 26.1 Å². The maximum atomic E-state index is 13.4. The molecule has 2 heterocycles. The molecule has 2 aromatic carbocycles. The molecule has 6 nitrogen and oxygen atoms in total. The molecule has 2 atom stereocenters. The van der Waals surface area contributed by atoms with Crippen molar-refractivity contribution in [1.82, 2.24) is 25.0 Å². The average Bonchev–Trinajstić information content (AvgIpc) is 3.42. The van der Waals surface area contributed by atoms with E-state index >= 15 is 0 Å². The van der Waals surface area contributed by atoms with E-state index in [9.17, 15) is 4.79 Å². The molecule has 1 fully saturated rings. The Bertz CT molecular complexity index is 1160. The molecule has 8 heteroatoms. The number of hydrogen-bond donors (Lipinski definition) is 1. The third-order valence-corrected chi connectivity index (χ3v) is 7.34. The van der Waals surface area contributed by atoms with Crippen molar-refractivity contribution in [2.45, 2.75) is 57.7 Å². The van der Waals surface area contributed by atoms with Gasteiger partial charge in [-0.2, -0.15) is 0 Å². The molecule has 0 spiro atoms. The quantitative estimate of drug-likeness (QED) is 0.504. The Hall–Kier alpha value is -2.57. The lowest BCUT2D eigenvalue weighted by molar-refractivity contribution is 0.184. The highest BCUT2D eigenvalue weighted by Crippen LogP contribution is 2.36. The zero-order valence-corrected chi connectivity index (χ0v) is 20.1. The number of aryl methyl sites for hydroxylation is 2. The SMILES string of the molecule is Cc1nnc([C@H]2CCCN2C(=O)NC2CCCc3cccc(Cl)c32)n1Cc1ccc(Cl)cc1.